The number of nitrogens with zero attached hydrogens (tertiary/aromatic N) is 1. The van der Waals surface area contributed by atoms with Crippen LogP contribution in [-0.2, 0) is 0 Å². The lowest BCUT2D eigenvalue weighted by Crippen LogP contribution is -1.94. The minimum Gasteiger partial charge on any atom is -0.348 e. The molecule has 0 bridgehead atoms. The van der Waals surface area contributed by atoms with Crippen molar-refractivity contribution < 1.29 is 4.79 Å². The van der Waals surface area contributed by atoms with Gasteiger partial charge in [-0.3, -0.25) is 4.79 Å². The summed E-state index contributed by atoms with van der Waals surface area (Å²) in [5.41, 5.74) is 3.51. The van der Waals surface area contributed by atoms with Crippen LogP contribution in [0.5, 0.6) is 0 Å². The number of imidazole rings is 1. The number of nitrogens with one attached hydrogen (secondary N) is 1. The van der Waals surface area contributed by atoms with E-state index in [0.29, 0.717) is 11.5 Å². The van der Waals surface area contributed by atoms with Gasteiger partial charge in [-0.25, -0.2) is 4.98 Å². The van der Waals surface area contributed by atoms with Gasteiger partial charge in [0.15, 0.2) is 6.29 Å². The van der Waals surface area contributed by atoms with Crippen molar-refractivity contribution >= 4 is 6.29 Å². The van der Waals surface area contributed by atoms with Crippen LogP contribution in [0.1, 0.15) is 35.8 Å². The molecular formula is C13H14N2O. The largest absolute Gasteiger partial charge is 0.348 e. The number of aromatic amines is 1. The van der Waals surface area contributed by atoms with E-state index >= 15 is 0 Å². The molecule has 0 saturated heterocycles. The molecule has 0 radical (unpaired) electrons. The third kappa shape index (κ3) is 1.76. The predicted molar refractivity (Wildman–Crippen MR) is 63.5 cm³/mol. The Hall–Kier alpha value is -1.90. The first-order chi connectivity index (χ1) is 7.74. The van der Waals surface area contributed by atoms with Crippen molar-refractivity contribution in [1.82, 2.24) is 9.97 Å². The number of aromatic nitrogens is 2. The van der Waals surface area contributed by atoms with Crippen LogP contribution < -0.4 is 0 Å². The van der Waals surface area contributed by atoms with Crippen LogP contribution in [0, 0.1) is 0 Å². The number of benzene rings is 1. The summed E-state index contributed by atoms with van der Waals surface area (Å²) in [4.78, 5) is 18.4. The number of carbonyl (C=O) groups is 1. The highest BCUT2D eigenvalue weighted by Crippen LogP contribution is 2.27. The Labute approximate surface area is 94.5 Å². The molecular weight excluding hydrogens is 200 g/mol. The van der Waals surface area contributed by atoms with Gasteiger partial charge in [0.05, 0.1) is 12.0 Å². The summed E-state index contributed by atoms with van der Waals surface area (Å²) in [7, 11) is 0. The van der Waals surface area contributed by atoms with E-state index in [1.807, 2.05) is 18.2 Å². The summed E-state index contributed by atoms with van der Waals surface area (Å²) < 4.78 is 0. The molecule has 1 aromatic carbocycles. The van der Waals surface area contributed by atoms with Crippen LogP contribution in [0.4, 0.5) is 0 Å². The van der Waals surface area contributed by atoms with Gasteiger partial charge in [-0.2, -0.15) is 0 Å². The minimum atomic E-state index is 0.359. The average molecular weight is 214 g/mol. The fourth-order valence-corrected chi connectivity index (χ4v) is 1.77. The standard InChI is InChI=1S/C13H14N2O/c1-9(2)12-13(15-8-14-12)11-6-4-3-5-10(11)7-16/h3-9H,1-2H3,(H,14,15). The van der Waals surface area contributed by atoms with Gasteiger partial charge in [0.2, 0.25) is 0 Å². The molecule has 0 fully saturated rings. The molecule has 1 aromatic heterocycles. The van der Waals surface area contributed by atoms with E-state index in [0.717, 1.165) is 23.2 Å². The van der Waals surface area contributed by atoms with Crippen molar-refractivity contribution in [1.29, 1.82) is 0 Å². The Morgan fingerprint density at radius 3 is 2.75 bits per heavy atom. The molecule has 0 unspecified atom stereocenters. The van der Waals surface area contributed by atoms with Gasteiger partial charge < -0.3 is 4.98 Å². The molecule has 0 atom stereocenters. The lowest BCUT2D eigenvalue weighted by atomic mass is 10.00. The second-order valence-electron chi connectivity index (χ2n) is 4.02. The van der Waals surface area contributed by atoms with Crippen LogP contribution in [0.15, 0.2) is 30.6 Å². The molecule has 3 nitrogen and oxygen atoms in total. The van der Waals surface area contributed by atoms with Crippen LogP contribution in [0.25, 0.3) is 11.3 Å². The smallest absolute Gasteiger partial charge is 0.150 e. The van der Waals surface area contributed by atoms with E-state index in [-0.39, 0.29) is 0 Å². The summed E-state index contributed by atoms with van der Waals surface area (Å²) in [5, 5.41) is 0. The molecule has 1 heterocycles. The fourth-order valence-electron chi connectivity index (χ4n) is 1.77. The highest BCUT2D eigenvalue weighted by Gasteiger charge is 2.13. The van der Waals surface area contributed by atoms with Crippen molar-refractivity contribution in [3.05, 3.63) is 41.9 Å². The molecule has 3 heteroatoms. The molecule has 0 saturated carbocycles. The van der Waals surface area contributed by atoms with Gasteiger partial charge in [0.1, 0.15) is 0 Å². The van der Waals surface area contributed by atoms with Crippen molar-refractivity contribution in [2.45, 2.75) is 19.8 Å². The molecule has 0 aliphatic carbocycles. The van der Waals surface area contributed by atoms with E-state index in [1.165, 1.54) is 0 Å². The van der Waals surface area contributed by atoms with Crippen LogP contribution in [0.2, 0.25) is 0 Å². The van der Waals surface area contributed by atoms with E-state index in [2.05, 4.69) is 23.8 Å². The Morgan fingerprint density at radius 1 is 1.31 bits per heavy atom. The van der Waals surface area contributed by atoms with Gasteiger partial charge in [-0.15, -0.1) is 0 Å². The zero-order chi connectivity index (χ0) is 11.5. The summed E-state index contributed by atoms with van der Waals surface area (Å²) >= 11 is 0. The first-order valence-corrected chi connectivity index (χ1v) is 5.32. The zero-order valence-electron chi connectivity index (χ0n) is 9.40. The van der Waals surface area contributed by atoms with Crippen LogP contribution >= 0.6 is 0 Å². The summed E-state index contributed by atoms with van der Waals surface area (Å²) in [6.07, 6.45) is 2.54. The molecule has 0 aliphatic rings. The first kappa shape index (κ1) is 10.6. The van der Waals surface area contributed by atoms with Crippen molar-refractivity contribution in [3.8, 4) is 11.3 Å². The van der Waals surface area contributed by atoms with Crippen molar-refractivity contribution in [3.63, 3.8) is 0 Å². The third-order valence-electron chi connectivity index (χ3n) is 2.59. The van der Waals surface area contributed by atoms with E-state index in [1.54, 1.807) is 12.4 Å². The molecule has 0 spiro atoms. The second-order valence-corrected chi connectivity index (χ2v) is 4.02. The lowest BCUT2D eigenvalue weighted by Gasteiger charge is -2.07. The molecule has 1 N–H and O–H groups in total. The maximum absolute atomic E-state index is 11.0. The Morgan fingerprint density at radius 2 is 2.06 bits per heavy atom. The molecule has 16 heavy (non-hydrogen) atoms. The lowest BCUT2D eigenvalue weighted by molar-refractivity contribution is 0.112. The van der Waals surface area contributed by atoms with Crippen LogP contribution in [0.3, 0.4) is 0 Å². The Balaban J connectivity index is 2.58. The normalized spacial score (nSPS) is 10.7. The maximum Gasteiger partial charge on any atom is 0.150 e. The number of hydrogen-bond acceptors (Lipinski definition) is 2. The number of rotatable bonds is 3. The molecule has 82 valence electrons. The third-order valence-corrected chi connectivity index (χ3v) is 2.59. The Kier molecular flexibility index (Phi) is 2.86. The van der Waals surface area contributed by atoms with E-state index in [9.17, 15) is 4.79 Å². The van der Waals surface area contributed by atoms with E-state index in [4.69, 9.17) is 0 Å². The molecule has 0 aliphatic heterocycles. The topological polar surface area (TPSA) is 45.8 Å². The number of hydrogen-bond donors (Lipinski definition) is 1. The first-order valence-electron chi connectivity index (χ1n) is 5.32. The van der Waals surface area contributed by atoms with E-state index < -0.39 is 0 Å². The van der Waals surface area contributed by atoms with Gasteiger partial charge in [0.25, 0.3) is 0 Å². The number of aldehydes is 1. The van der Waals surface area contributed by atoms with Crippen molar-refractivity contribution in [2.24, 2.45) is 0 Å². The van der Waals surface area contributed by atoms with Gasteiger partial charge in [-0.1, -0.05) is 38.1 Å². The molecule has 0 amide bonds. The number of H-pyrrole nitrogens is 1. The summed E-state index contributed by atoms with van der Waals surface area (Å²) in [5.74, 6) is 0.359. The highest BCUT2D eigenvalue weighted by atomic mass is 16.1. The highest BCUT2D eigenvalue weighted by molar-refractivity contribution is 5.87. The predicted octanol–water partition coefficient (Wildman–Crippen LogP) is 3.01. The zero-order valence-corrected chi connectivity index (χ0v) is 9.40. The second kappa shape index (κ2) is 4.31. The number of carbonyl (C=O) groups excluding carboxylic acids is 1. The minimum absolute atomic E-state index is 0.359. The fraction of sp³-hybridized carbons (Fsp3) is 0.231. The molecule has 2 rings (SSSR count). The SMILES string of the molecule is CC(C)c1[nH]cnc1-c1ccccc1C=O. The Bertz CT molecular complexity index is 500. The van der Waals surface area contributed by atoms with Crippen molar-refractivity contribution in [2.75, 3.05) is 0 Å². The van der Waals surface area contributed by atoms with Gasteiger partial charge in [0, 0.05) is 16.8 Å². The average Bonchev–Trinajstić information content (AvgIpc) is 2.77. The van der Waals surface area contributed by atoms with Crippen LogP contribution in [-0.4, -0.2) is 16.3 Å². The van der Waals surface area contributed by atoms with Gasteiger partial charge >= 0.3 is 0 Å². The maximum atomic E-state index is 11.0. The monoisotopic (exact) mass is 214 g/mol. The summed E-state index contributed by atoms with van der Waals surface area (Å²) in [6.45, 7) is 4.20. The summed E-state index contributed by atoms with van der Waals surface area (Å²) in [6, 6.07) is 7.50. The van der Waals surface area contributed by atoms with Gasteiger partial charge in [-0.05, 0) is 5.92 Å². The molecule has 2 aromatic rings. The quantitative estimate of drug-likeness (QED) is 0.798.